The van der Waals surface area contributed by atoms with E-state index in [-0.39, 0.29) is 0 Å². The topological polar surface area (TPSA) is 95.2 Å². The van der Waals surface area contributed by atoms with Crippen molar-refractivity contribution >= 4 is 66.7 Å². The Balaban J connectivity index is 1.42. The highest BCUT2D eigenvalue weighted by Crippen LogP contribution is 2.66. The lowest BCUT2D eigenvalue weighted by molar-refractivity contribution is 1.48. The van der Waals surface area contributed by atoms with Crippen LogP contribution in [0.15, 0.2) is 106 Å². The van der Waals surface area contributed by atoms with Crippen molar-refractivity contribution in [2.75, 3.05) is 0 Å². The molecule has 0 aromatic heterocycles. The molecule has 8 heteroatoms. The van der Waals surface area contributed by atoms with Gasteiger partial charge in [0.1, 0.15) is 0 Å². The van der Waals surface area contributed by atoms with E-state index >= 15 is 0 Å². The van der Waals surface area contributed by atoms with Crippen LogP contribution in [0.3, 0.4) is 0 Å². The van der Waals surface area contributed by atoms with E-state index in [0.29, 0.717) is 22.3 Å². The van der Waals surface area contributed by atoms with Crippen molar-refractivity contribution < 1.29 is 0 Å². The Kier molecular flexibility index (Phi) is 7.98. The highest BCUT2D eigenvalue weighted by molar-refractivity contribution is 8.39. The lowest BCUT2D eigenvalue weighted by Gasteiger charge is -2.06. The molecule has 2 aliphatic rings. The first-order valence-corrected chi connectivity index (χ1v) is 15.8. The van der Waals surface area contributed by atoms with Crippen LogP contribution in [0.1, 0.15) is 44.5 Å². The molecule has 2 heterocycles. The van der Waals surface area contributed by atoms with E-state index in [1.165, 1.54) is 0 Å². The summed E-state index contributed by atoms with van der Waals surface area (Å²) in [5.74, 6) is 0. The molecular formula is C34H16N4S4. The third kappa shape index (κ3) is 5.50. The average molecular weight is 609 g/mol. The Labute approximate surface area is 260 Å². The molecule has 4 aromatic rings. The van der Waals surface area contributed by atoms with E-state index in [2.05, 4.69) is 24.3 Å². The number of rotatable bonds is 4. The van der Waals surface area contributed by atoms with Crippen LogP contribution in [-0.2, 0) is 0 Å². The van der Waals surface area contributed by atoms with Crippen LogP contribution in [0.25, 0.3) is 19.6 Å². The zero-order valence-corrected chi connectivity index (χ0v) is 24.9. The van der Waals surface area contributed by atoms with Crippen molar-refractivity contribution in [2.45, 2.75) is 0 Å². The Hall–Kier alpha value is -4.54. The highest BCUT2D eigenvalue weighted by atomic mass is 32.2. The highest BCUT2D eigenvalue weighted by Gasteiger charge is 2.32. The van der Waals surface area contributed by atoms with E-state index in [1.807, 2.05) is 97.1 Å². The minimum absolute atomic E-state index is 0.610. The van der Waals surface area contributed by atoms with E-state index < -0.39 is 0 Å². The molecule has 0 fully saturated rings. The lowest BCUT2D eigenvalue weighted by atomic mass is 10.1. The first kappa shape index (κ1) is 27.6. The van der Waals surface area contributed by atoms with Gasteiger partial charge < -0.3 is 0 Å². The summed E-state index contributed by atoms with van der Waals surface area (Å²) in [4.78, 5) is 4.41. The summed E-state index contributed by atoms with van der Waals surface area (Å²) in [6.07, 6.45) is 0. The Bertz CT molecular complexity index is 1690. The van der Waals surface area contributed by atoms with Gasteiger partial charge in [0.2, 0.25) is 0 Å². The molecule has 0 saturated carbocycles. The molecule has 42 heavy (non-hydrogen) atoms. The van der Waals surface area contributed by atoms with Gasteiger partial charge in [-0.3, -0.25) is 0 Å². The molecule has 0 spiro atoms. The van der Waals surface area contributed by atoms with Crippen molar-refractivity contribution in [3.05, 3.63) is 150 Å². The van der Waals surface area contributed by atoms with Gasteiger partial charge in [-0.05, 0) is 70.8 Å². The largest absolute Gasteiger partial charge is 0.192 e. The van der Waals surface area contributed by atoms with Gasteiger partial charge in [0.25, 0.3) is 0 Å². The molecule has 4 aromatic carbocycles. The van der Waals surface area contributed by atoms with Gasteiger partial charge in [-0.2, -0.15) is 21.0 Å². The molecule has 0 unspecified atom stereocenters. The van der Waals surface area contributed by atoms with E-state index in [9.17, 15) is 21.0 Å². The van der Waals surface area contributed by atoms with Crippen molar-refractivity contribution in [3.63, 3.8) is 0 Å². The van der Waals surface area contributed by atoms with Crippen LogP contribution in [0.5, 0.6) is 0 Å². The number of benzene rings is 4. The third-order valence-corrected chi connectivity index (χ3v) is 12.4. The fraction of sp³-hybridized carbons (Fsp3) is 0. The maximum atomic E-state index is 9.31. The second-order valence-electron chi connectivity index (χ2n) is 9.06. The smallest absolute Gasteiger partial charge is 0.0991 e. The predicted molar refractivity (Wildman–Crippen MR) is 176 cm³/mol. The van der Waals surface area contributed by atoms with Crippen LogP contribution in [0, 0.1) is 45.3 Å². The van der Waals surface area contributed by atoms with Gasteiger partial charge in [-0.15, -0.1) is 0 Å². The first-order chi connectivity index (χ1) is 20.6. The molecule has 0 aliphatic carbocycles. The summed E-state index contributed by atoms with van der Waals surface area (Å²) < 4.78 is 2.30. The summed E-state index contributed by atoms with van der Waals surface area (Å²) in [7, 11) is 0. The zero-order valence-electron chi connectivity index (χ0n) is 21.7. The number of hydrogen-bond acceptors (Lipinski definition) is 8. The van der Waals surface area contributed by atoms with Crippen LogP contribution >= 0.6 is 47.0 Å². The summed E-state index contributed by atoms with van der Waals surface area (Å²) in [6, 6.07) is 39.3. The fourth-order valence-electron chi connectivity index (χ4n) is 4.31. The van der Waals surface area contributed by atoms with Gasteiger partial charge in [-0.25, -0.2) is 0 Å². The first-order valence-electron chi connectivity index (χ1n) is 12.6. The maximum absolute atomic E-state index is 9.31. The standard InChI is InChI=1S/C34H16N4S4/c35-17-21-1-9-25(10-2-21)29-30(26-11-3-22(18-36)4-12-26)40-33(39-29)34-41-31(27-13-5-23(19-37)6-14-27)32(42-34)28-15-7-24(20-38)8-16-28/h1-16H. The molecular weight excluding hydrogens is 593 g/mol. The van der Waals surface area contributed by atoms with Crippen LogP contribution < -0.4 is 0 Å². The molecule has 2 aliphatic heterocycles. The normalized spacial score (nSPS) is 14.4. The van der Waals surface area contributed by atoms with Crippen molar-refractivity contribution in [3.8, 4) is 24.3 Å². The molecule has 6 rings (SSSR count). The maximum Gasteiger partial charge on any atom is 0.0991 e. The van der Waals surface area contributed by atoms with E-state index in [0.717, 1.165) is 50.3 Å². The summed E-state index contributed by atoms with van der Waals surface area (Å²) in [5.41, 5.74) is 6.56. The number of nitrogens with zero attached hydrogens (tertiary/aromatic N) is 4. The van der Waals surface area contributed by atoms with Crippen LogP contribution in [0.4, 0.5) is 0 Å². The van der Waals surface area contributed by atoms with Crippen molar-refractivity contribution in [1.29, 1.82) is 21.0 Å². The fourth-order valence-corrected chi connectivity index (χ4v) is 10.1. The third-order valence-electron chi connectivity index (χ3n) is 6.46. The minimum atomic E-state index is 0.610. The average Bonchev–Trinajstić information content (AvgIpc) is 3.71. The van der Waals surface area contributed by atoms with Gasteiger partial charge in [0.15, 0.2) is 0 Å². The second kappa shape index (κ2) is 12.1. The Morgan fingerprint density at radius 2 is 0.500 bits per heavy atom. The summed E-state index contributed by atoms with van der Waals surface area (Å²) in [5, 5.41) is 37.2. The number of nitriles is 4. The van der Waals surface area contributed by atoms with Crippen molar-refractivity contribution in [2.24, 2.45) is 0 Å². The molecule has 0 atom stereocenters. The van der Waals surface area contributed by atoms with Gasteiger partial charge in [0, 0.05) is 19.6 Å². The SMILES string of the molecule is N#Cc1ccc(C2=C(c3ccc(C#N)cc3)SC(=C3SC(c4ccc(C#N)cc4)=C(c4ccc(C#N)cc4)S3)S2)cc1. The quantitative estimate of drug-likeness (QED) is 0.226. The molecule has 0 radical (unpaired) electrons. The molecule has 0 saturated heterocycles. The Morgan fingerprint density at radius 3 is 0.667 bits per heavy atom. The molecule has 0 bridgehead atoms. The van der Waals surface area contributed by atoms with Crippen molar-refractivity contribution in [1.82, 2.24) is 0 Å². The van der Waals surface area contributed by atoms with Gasteiger partial charge in [-0.1, -0.05) is 95.6 Å². The number of thioether (sulfide) groups is 4. The van der Waals surface area contributed by atoms with Gasteiger partial charge >= 0.3 is 0 Å². The molecule has 0 amide bonds. The van der Waals surface area contributed by atoms with Gasteiger partial charge in [0.05, 0.1) is 55.0 Å². The number of hydrogen-bond donors (Lipinski definition) is 0. The Morgan fingerprint density at radius 1 is 0.310 bits per heavy atom. The molecule has 4 nitrogen and oxygen atoms in total. The minimum Gasteiger partial charge on any atom is -0.192 e. The molecule has 0 N–H and O–H groups in total. The van der Waals surface area contributed by atoms with E-state index in [4.69, 9.17) is 0 Å². The van der Waals surface area contributed by atoms with Crippen LogP contribution in [0.2, 0.25) is 0 Å². The van der Waals surface area contributed by atoms with E-state index in [1.54, 1.807) is 47.0 Å². The lowest BCUT2D eigenvalue weighted by Crippen LogP contribution is -1.84. The summed E-state index contributed by atoms with van der Waals surface area (Å²) in [6.45, 7) is 0. The molecule has 196 valence electrons. The summed E-state index contributed by atoms with van der Waals surface area (Å²) >= 11 is 6.86. The zero-order chi connectivity index (χ0) is 29.1. The van der Waals surface area contributed by atoms with Crippen LogP contribution in [-0.4, -0.2) is 0 Å². The predicted octanol–water partition coefficient (Wildman–Crippen LogP) is 9.61. The monoisotopic (exact) mass is 608 g/mol. The second-order valence-corrected chi connectivity index (χ2v) is 13.7.